The number of hydrogen-bond acceptors (Lipinski definition) is 7. The average molecular weight is 609 g/mol. The van der Waals surface area contributed by atoms with Gasteiger partial charge in [0.05, 0.1) is 22.7 Å². The van der Waals surface area contributed by atoms with Crippen LogP contribution in [0.2, 0.25) is 0 Å². The van der Waals surface area contributed by atoms with Gasteiger partial charge in [-0.15, -0.1) is 0 Å². The van der Waals surface area contributed by atoms with Crippen LogP contribution < -0.4 is 15.2 Å². The molecule has 0 fully saturated rings. The molecule has 0 saturated heterocycles. The maximum Gasteiger partial charge on any atom is 0.417 e. The van der Waals surface area contributed by atoms with Crippen molar-refractivity contribution in [2.75, 3.05) is 17.1 Å². The van der Waals surface area contributed by atoms with E-state index < -0.39 is 32.6 Å². The number of anilines is 2. The summed E-state index contributed by atoms with van der Waals surface area (Å²) in [6.07, 6.45) is -4.07. The molecule has 0 aliphatic rings. The molecular weight excluding hydrogens is 580 g/mol. The molecule has 4 aromatic rings. The number of aromatic nitrogens is 2. The molecule has 0 bridgehead atoms. The fourth-order valence-corrected chi connectivity index (χ4v) is 6.12. The summed E-state index contributed by atoms with van der Waals surface area (Å²) < 4.78 is 91.2. The van der Waals surface area contributed by atoms with Crippen molar-refractivity contribution in [2.45, 2.75) is 45.3 Å². The van der Waals surface area contributed by atoms with Crippen LogP contribution in [-0.2, 0) is 16.2 Å². The highest BCUT2D eigenvalue weighted by atomic mass is 32.2. The average Bonchev–Trinajstić information content (AvgIpc) is 3.25. The summed E-state index contributed by atoms with van der Waals surface area (Å²) in [7, 11) is -4.31. The zero-order chi connectivity index (χ0) is 30.2. The van der Waals surface area contributed by atoms with Gasteiger partial charge in [0.25, 0.3) is 10.0 Å². The Balaban J connectivity index is 1.87. The van der Waals surface area contributed by atoms with Crippen molar-refractivity contribution in [3.63, 3.8) is 0 Å². The molecule has 0 unspecified atom stereocenters. The van der Waals surface area contributed by atoms with Crippen LogP contribution in [0.1, 0.15) is 38.3 Å². The second-order valence-corrected chi connectivity index (χ2v) is 13.2. The van der Waals surface area contributed by atoms with Crippen LogP contribution in [0.3, 0.4) is 0 Å². The normalized spacial score (nSPS) is 12.4. The number of ether oxygens (including phenoxy) is 1. The Morgan fingerprint density at radius 2 is 1.73 bits per heavy atom. The first-order valence-corrected chi connectivity index (χ1v) is 14.7. The van der Waals surface area contributed by atoms with Crippen molar-refractivity contribution in [2.24, 2.45) is 5.41 Å². The fraction of sp³-hybridized carbons (Fsp3) is 0.286. The molecule has 0 saturated carbocycles. The first-order valence-electron chi connectivity index (χ1n) is 12.4. The summed E-state index contributed by atoms with van der Waals surface area (Å²) in [5.41, 5.74) is 4.62. The number of nitrogens with zero attached hydrogens (tertiary/aromatic N) is 2. The first-order chi connectivity index (χ1) is 19.0. The SMILES string of the molecule is Cc1cccc(C(F)(F)F)c1-c1nc(NS(=O)(=O)c2cccc(N)n2)sc1-c1cc(F)cc(OCCC(C)(C)C)c1. The Kier molecular flexibility index (Phi) is 8.33. The Morgan fingerprint density at radius 1 is 1.02 bits per heavy atom. The van der Waals surface area contributed by atoms with Crippen LogP contribution in [0, 0.1) is 18.2 Å². The van der Waals surface area contributed by atoms with Crippen molar-refractivity contribution < 1.29 is 30.7 Å². The molecule has 0 aliphatic heterocycles. The van der Waals surface area contributed by atoms with Gasteiger partial charge in [-0.25, -0.2) is 14.4 Å². The summed E-state index contributed by atoms with van der Waals surface area (Å²) in [5, 5.41) is -0.641. The molecule has 2 heterocycles. The smallest absolute Gasteiger partial charge is 0.417 e. The second kappa shape index (κ2) is 11.3. The molecule has 218 valence electrons. The summed E-state index contributed by atoms with van der Waals surface area (Å²) in [4.78, 5) is 8.20. The van der Waals surface area contributed by atoms with Crippen molar-refractivity contribution in [1.29, 1.82) is 0 Å². The number of nitrogens with two attached hydrogens (primary N) is 1. The minimum absolute atomic E-state index is 0.0375. The van der Waals surface area contributed by atoms with Gasteiger partial charge in [0.15, 0.2) is 10.2 Å². The van der Waals surface area contributed by atoms with Gasteiger partial charge in [-0.2, -0.15) is 21.6 Å². The van der Waals surface area contributed by atoms with Crippen LogP contribution in [0.4, 0.5) is 28.5 Å². The van der Waals surface area contributed by atoms with E-state index in [0.717, 1.165) is 23.5 Å². The Bertz CT molecular complexity index is 1680. The molecule has 13 heteroatoms. The van der Waals surface area contributed by atoms with Crippen molar-refractivity contribution in [3.05, 3.63) is 71.5 Å². The summed E-state index contributed by atoms with van der Waals surface area (Å²) >= 11 is 0.757. The number of aryl methyl sites for hydroxylation is 1. The van der Waals surface area contributed by atoms with E-state index in [2.05, 4.69) is 14.7 Å². The number of pyridine rings is 1. The van der Waals surface area contributed by atoms with Crippen molar-refractivity contribution in [3.8, 4) is 27.4 Å². The maximum absolute atomic E-state index is 14.8. The Hall–Kier alpha value is -3.71. The number of thiazole rings is 1. The predicted molar refractivity (Wildman–Crippen MR) is 152 cm³/mol. The molecule has 0 atom stereocenters. The third-order valence-electron chi connectivity index (χ3n) is 5.94. The molecule has 0 amide bonds. The molecular formula is C28H28F4N4O3S2. The topological polar surface area (TPSA) is 107 Å². The number of hydrogen-bond donors (Lipinski definition) is 2. The van der Waals surface area contributed by atoms with Crippen LogP contribution in [0.5, 0.6) is 5.75 Å². The number of alkyl halides is 3. The number of sulfonamides is 1. The van der Waals surface area contributed by atoms with Crippen LogP contribution in [0.25, 0.3) is 21.7 Å². The van der Waals surface area contributed by atoms with Gasteiger partial charge in [0, 0.05) is 17.2 Å². The second-order valence-electron chi connectivity index (χ2n) is 10.5. The van der Waals surface area contributed by atoms with Crippen molar-refractivity contribution >= 4 is 32.3 Å². The van der Waals surface area contributed by atoms with Gasteiger partial charge in [-0.3, -0.25) is 4.72 Å². The lowest BCUT2D eigenvalue weighted by Crippen LogP contribution is -2.15. The van der Waals surface area contributed by atoms with E-state index in [0.29, 0.717) is 6.42 Å². The number of rotatable bonds is 8. The zero-order valence-corrected chi connectivity index (χ0v) is 24.3. The molecule has 0 aliphatic carbocycles. The minimum Gasteiger partial charge on any atom is -0.493 e. The minimum atomic E-state index is -4.74. The molecule has 2 aromatic heterocycles. The molecule has 0 spiro atoms. The zero-order valence-electron chi connectivity index (χ0n) is 22.6. The molecule has 0 radical (unpaired) electrons. The molecule has 3 N–H and O–H groups in total. The molecule has 2 aromatic carbocycles. The Labute approximate surface area is 239 Å². The molecule has 4 rings (SSSR count). The van der Waals surface area contributed by atoms with E-state index in [4.69, 9.17) is 10.5 Å². The summed E-state index contributed by atoms with van der Waals surface area (Å²) in [6.45, 7) is 7.86. The highest BCUT2D eigenvalue weighted by Crippen LogP contribution is 2.46. The highest BCUT2D eigenvalue weighted by molar-refractivity contribution is 7.92. The lowest BCUT2D eigenvalue weighted by Gasteiger charge is -2.18. The molecule has 7 nitrogen and oxygen atoms in total. The predicted octanol–water partition coefficient (Wildman–Crippen LogP) is 7.54. The third kappa shape index (κ3) is 7.33. The van der Waals surface area contributed by atoms with E-state index >= 15 is 0 Å². The lowest BCUT2D eigenvalue weighted by atomic mass is 9.93. The van der Waals surface area contributed by atoms with Gasteiger partial charge in [-0.05, 0) is 54.7 Å². The van der Waals surface area contributed by atoms with Crippen molar-refractivity contribution in [1.82, 2.24) is 9.97 Å². The summed E-state index contributed by atoms with van der Waals surface area (Å²) in [5.74, 6) is -0.545. The van der Waals surface area contributed by atoms with Crippen LogP contribution in [-0.4, -0.2) is 25.0 Å². The van der Waals surface area contributed by atoms with E-state index in [1.54, 1.807) is 0 Å². The van der Waals surface area contributed by atoms with E-state index in [1.165, 1.54) is 49.4 Å². The van der Waals surface area contributed by atoms with Gasteiger partial charge in [0.1, 0.15) is 17.4 Å². The van der Waals surface area contributed by atoms with Gasteiger partial charge in [-0.1, -0.05) is 50.3 Å². The third-order valence-corrected chi connectivity index (χ3v) is 8.33. The van der Waals surface area contributed by atoms with E-state index in [-0.39, 0.29) is 56.0 Å². The maximum atomic E-state index is 14.8. The first kappa shape index (κ1) is 30.3. The van der Waals surface area contributed by atoms with Crippen LogP contribution in [0.15, 0.2) is 59.6 Å². The standard InChI is InChI=1S/C28H28F4N4O3S2/c1-16-7-5-8-20(28(30,31)32)23(16)24-25(17-13-18(29)15-19(14-17)39-12-11-27(2,3)4)40-26(35-24)36-41(37,38)22-10-6-9-21(33)34-22/h5-10,13-15H,11-12H2,1-4H3,(H2,33,34)(H,35,36). The number of nitrogens with one attached hydrogen (secondary N) is 1. The quantitative estimate of drug-likeness (QED) is 0.200. The fourth-order valence-electron chi connectivity index (χ4n) is 3.95. The lowest BCUT2D eigenvalue weighted by molar-refractivity contribution is -0.137. The number of halogens is 4. The van der Waals surface area contributed by atoms with E-state index in [9.17, 15) is 26.0 Å². The van der Waals surface area contributed by atoms with Crippen LogP contribution >= 0.6 is 11.3 Å². The van der Waals surface area contributed by atoms with Gasteiger partial charge < -0.3 is 10.5 Å². The van der Waals surface area contributed by atoms with Gasteiger partial charge >= 0.3 is 6.18 Å². The molecule has 41 heavy (non-hydrogen) atoms. The summed E-state index contributed by atoms with van der Waals surface area (Å²) in [6, 6.07) is 11.5. The Morgan fingerprint density at radius 3 is 2.39 bits per heavy atom. The largest absolute Gasteiger partial charge is 0.493 e. The number of benzene rings is 2. The highest BCUT2D eigenvalue weighted by Gasteiger charge is 2.36. The number of nitrogen functional groups attached to an aromatic ring is 1. The monoisotopic (exact) mass is 608 g/mol. The van der Waals surface area contributed by atoms with E-state index in [1.807, 2.05) is 20.8 Å². The van der Waals surface area contributed by atoms with Gasteiger partial charge in [0.2, 0.25) is 0 Å².